The fourth-order valence-corrected chi connectivity index (χ4v) is 4.90. The summed E-state index contributed by atoms with van der Waals surface area (Å²) in [6, 6.07) is 9.64. The summed E-state index contributed by atoms with van der Waals surface area (Å²) in [5, 5.41) is 13.2. The van der Waals surface area contributed by atoms with Crippen molar-refractivity contribution in [1.29, 1.82) is 0 Å². The summed E-state index contributed by atoms with van der Waals surface area (Å²) in [6.45, 7) is 1.82. The summed E-state index contributed by atoms with van der Waals surface area (Å²) in [5.74, 6) is -0.337. The largest absolute Gasteiger partial charge is 0.314 e. The lowest BCUT2D eigenvalue weighted by atomic mass is 10.2. The summed E-state index contributed by atoms with van der Waals surface area (Å²) >= 11 is 3.00. The van der Waals surface area contributed by atoms with E-state index in [2.05, 4.69) is 4.98 Å². The number of fused-ring (bicyclic) bond motifs is 1. The van der Waals surface area contributed by atoms with E-state index >= 15 is 0 Å². The molecule has 4 aromatic rings. The highest BCUT2D eigenvalue weighted by atomic mass is 32.1. The number of carbonyl (C=O) groups excluding carboxylic acids is 1. The van der Waals surface area contributed by atoms with Crippen LogP contribution in [0.2, 0.25) is 0 Å². The lowest BCUT2D eigenvalue weighted by Crippen LogP contribution is -2.34. The van der Waals surface area contributed by atoms with Gasteiger partial charge in [0.05, 0.1) is 16.6 Å². The SMILES string of the molecule is Cc1ccc(-c2csc3ncn(CC(=O)N(C)c4ccc([N+](=O)[O-])cc4)c(=O)c23)s1. The molecule has 0 spiro atoms. The number of nitrogens with zero attached hydrogens (tertiary/aromatic N) is 4. The molecule has 0 atom stereocenters. The summed E-state index contributed by atoms with van der Waals surface area (Å²) < 4.78 is 1.29. The van der Waals surface area contributed by atoms with Crippen LogP contribution < -0.4 is 10.5 Å². The Labute approximate surface area is 178 Å². The van der Waals surface area contributed by atoms with Gasteiger partial charge in [0.25, 0.3) is 11.2 Å². The molecular weight excluding hydrogens is 424 g/mol. The lowest BCUT2D eigenvalue weighted by Gasteiger charge is -2.17. The van der Waals surface area contributed by atoms with Gasteiger partial charge in [0.1, 0.15) is 11.4 Å². The van der Waals surface area contributed by atoms with E-state index in [-0.39, 0.29) is 23.7 Å². The minimum absolute atomic E-state index is 0.0562. The summed E-state index contributed by atoms with van der Waals surface area (Å²) in [7, 11) is 1.56. The first-order valence-corrected chi connectivity index (χ1v) is 10.6. The van der Waals surface area contributed by atoms with Crippen molar-refractivity contribution >= 4 is 50.2 Å². The molecule has 4 rings (SSSR count). The van der Waals surface area contributed by atoms with E-state index in [9.17, 15) is 19.7 Å². The molecule has 1 aromatic carbocycles. The maximum Gasteiger partial charge on any atom is 0.269 e. The highest BCUT2D eigenvalue weighted by Crippen LogP contribution is 2.34. The molecule has 0 radical (unpaired) electrons. The average molecular weight is 441 g/mol. The van der Waals surface area contributed by atoms with Crippen molar-refractivity contribution in [3.05, 3.63) is 73.5 Å². The molecule has 0 saturated carbocycles. The topological polar surface area (TPSA) is 98.3 Å². The van der Waals surface area contributed by atoms with Crippen molar-refractivity contribution in [2.45, 2.75) is 13.5 Å². The maximum absolute atomic E-state index is 13.1. The number of nitro groups is 1. The second-order valence-electron chi connectivity index (χ2n) is 6.64. The van der Waals surface area contributed by atoms with E-state index in [4.69, 9.17) is 0 Å². The van der Waals surface area contributed by atoms with Gasteiger partial charge < -0.3 is 4.90 Å². The molecule has 8 nitrogen and oxygen atoms in total. The number of non-ortho nitro benzene ring substituents is 1. The van der Waals surface area contributed by atoms with E-state index < -0.39 is 4.92 Å². The zero-order valence-corrected chi connectivity index (χ0v) is 17.7. The Morgan fingerprint density at radius 1 is 1.23 bits per heavy atom. The quantitative estimate of drug-likeness (QED) is 0.344. The summed E-state index contributed by atoms with van der Waals surface area (Å²) in [4.78, 5) is 44.6. The van der Waals surface area contributed by atoms with Gasteiger partial charge in [0, 0.05) is 45.6 Å². The third-order valence-corrected chi connectivity index (χ3v) is 6.61. The number of hydrogen-bond donors (Lipinski definition) is 0. The van der Waals surface area contributed by atoms with Crippen molar-refractivity contribution < 1.29 is 9.72 Å². The van der Waals surface area contributed by atoms with Crippen LogP contribution in [0.5, 0.6) is 0 Å². The van der Waals surface area contributed by atoms with Gasteiger partial charge in [-0.25, -0.2) is 4.98 Å². The number of carbonyl (C=O) groups is 1. The van der Waals surface area contributed by atoms with Crippen molar-refractivity contribution in [3.63, 3.8) is 0 Å². The van der Waals surface area contributed by atoms with Gasteiger partial charge in [-0.2, -0.15) is 0 Å². The van der Waals surface area contributed by atoms with Crippen LogP contribution in [0.15, 0.2) is 52.9 Å². The molecule has 1 amide bonds. The fraction of sp³-hybridized carbons (Fsp3) is 0.150. The number of rotatable bonds is 5. The molecule has 0 aliphatic heterocycles. The number of nitro benzene ring substituents is 1. The first-order valence-electron chi connectivity index (χ1n) is 8.89. The number of likely N-dealkylation sites (N-methyl/N-ethyl adjacent to an activating group) is 1. The molecule has 10 heteroatoms. The molecule has 0 fully saturated rings. The minimum atomic E-state index is -0.500. The summed E-state index contributed by atoms with van der Waals surface area (Å²) in [5.41, 5.74) is 1.00. The van der Waals surface area contributed by atoms with Gasteiger partial charge >= 0.3 is 0 Å². The third kappa shape index (κ3) is 3.62. The Morgan fingerprint density at radius 3 is 2.60 bits per heavy atom. The first-order chi connectivity index (χ1) is 14.3. The molecule has 0 aliphatic carbocycles. The molecule has 3 heterocycles. The third-order valence-electron chi connectivity index (χ3n) is 4.69. The molecular formula is C20H16N4O4S2. The number of aromatic nitrogens is 2. The van der Waals surface area contributed by atoms with Gasteiger partial charge in [-0.05, 0) is 31.2 Å². The first kappa shape index (κ1) is 19.9. The van der Waals surface area contributed by atoms with E-state index in [1.807, 2.05) is 24.4 Å². The van der Waals surface area contributed by atoms with Crippen molar-refractivity contribution in [2.24, 2.45) is 0 Å². The van der Waals surface area contributed by atoms with Crippen LogP contribution >= 0.6 is 22.7 Å². The fourth-order valence-electron chi connectivity index (χ4n) is 3.03. The molecule has 152 valence electrons. The van der Waals surface area contributed by atoms with E-state index in [1.165, 1.54) is 51.4 Å². The van der Waals surface area contributed by atoms with E-state index in [0.29, 0.717) is 15.9 Å². The van der Waals surface area contributed by atoms with E-state index in [0.717, 1.165) is 15.3 Å². The lowest BCUT2D eigenvalue weighted by molar-refractivity contribution is -0.384. The van der Waals surface area contributed by atoms with Gasteiger partial charge in [0.2, 0.25) is 5.91 Å². The van der Waals surface area contributed by atoms with Crippen LogP contribution in [-0.4, -0.2) is 27.4 Å². The van der Waals surface area contributed by atoms with Gasteiger partial charge in [-0.1, -0.05) is 0 Å². The normalized spacial score (nSPS) is 11.0. The van der Waals surface area contributed by atoms with Gasteiger partial charge in [-0.3, -0.25) is 24.3 Å². The zero-order chi connectivity index (χ0) is 21.4. The van der Waals surface area contributed by atoms with Crippen molar-refractivity contribution in [2.75, 3.05) is 11.9 Å². The molecule has 0 bridgehead atoms. The highest BCUT2D eigenvalue weighted by molar-refractivity contribution is 7.19. The Kier molecular flexibility index (Phi) is 5.18. The Morgan fingerprint density at radius 2 is 1.97 bits per heavy atom. The standard InChI is InChI=1S/C20H16N4O4S2/c1-12-3-8-16(30-12)15-10-29-19-18(15)20(26)23(11-21-19)9-17(25)22(2)13-4-6-14(7-5-13)24(27)28/h3-8,10-11H,9H2,1-2H3. The molecule has 0 unspecified atom stereocenters. The van der Waals surface area contributed by atoms with Crippen molar-refractivity contribution in [1.82, 2.24) is 9.55 Å². The Hall–Kier alpha value is -3.37. The number of anilines is 1. The predicted octanol–water partition coefficient (Wildman–Crippen LogP) is 4.07. The molecule has 0 N–H and O–H groups in total. The van der Waals surface area contributed by atoms with Crippen LogP contribution in [0.4, 0.5) is 11.4 Å². The van der Waals surface area contributed by atoms with Gasteiger partial charge in [0.15, 0.2) is 0 Å². The number of benzene rings is 1. The van der Waals surface area contributed by atoms with E-state index in [1.54, 1.807) is 18.4 Å². The molecule has 0 saturated heterocycles. The zero-order valence-electron chi connectivity index (χ0n) is 16.1. The summed E-state index contributed by atoms with van der Waals surface area (Å²) in [6.07, 6.45) is 1.38. The average Bonchev–Trinajstić information content (AvgIpc) is 3.36. The minimum Gasteiger partial charge on any atom is -0.314 e. The number of amides is 1. The van der Waals surface area contributed by atoms with Gasteiger partial charge in [-0.15, -0.1) is 22.7 Å². The Bertz CT molecular complexity index is 1320. The van der Waals surface area contributed by atoms with Crippen LogP contribution in [0.1, 0.15) is 4.88 Å². The monoisotopic (exact) mass is 440 g/mol. The maximum atomic E-state index is 13.1. The Balaban J connectivity index is 1.63. The van der Waals surface area contributed by atoms with Crippen LogP contribution in [0, 0.1) is 17.0 Å². The molecule has 0 aliphatic rings. The number of aryl methyl sites for hydroxylation is 1. The smallest absolute Gasteiger partial charge is 0.269 e. The highest BCUT2D eigenvalue weighted by Gasteiger charge is 2.18. The second kappa shape index (κ2) is 7.81. The second-order valence-corrected chi connectivity index (χ2v) is 8.79. The van der Waals surface area contributed by atoms with Crippen molar-refractivity contribution in [3.8, 4) is 10.4 Å². The van der Waals surface area contributed by atoms with Crippen LogP contribution in [-0.2, 0) is 11.3 Å². The van der Waals surface area contributed by atoms with Crippen LogP contribution in [0.3, 0.4) is 0 Å². The molecule has 30 heavy (non-hydrogen) atoms. The number of hydrogen-bond acceptors (Lipinski definition) is 7. The molecule has 3 aromatic heterocycles. The van der Waals surface area contributed by atoms with Crippen LogP contribution in [0.25, 0.3) is 20.7 Å². The predicted molar refractivity (Wildman–Crippen MR) is 118 cm³/mol. The number of thiophene rings is 2.